The highest BCUT2D eigenvalue weighted by atomic mass is 15.2. The lowest BCUT2D eigenvalue weighted by Gasteiger charge is -2.28. The first-order chi connectivity index (χ1) is 20.3. The quantitative estimate of drug-likeness (QED) is 0.216. The number of fused-ring (bicyclic) bond motifs is 1. The molecule has 0 aliphatic rings. The van der Waals surface area contributed by atoms with E-state index in [1.165, 1.54) is 0 Å². The van der Waals surface area contributed by atoms with Gasteiger partial charge in [0.1, 0.15) is 11.6 Å². The molecule has 5 heteroatoms. The monoisotopic (exact) mass is 529 g/mol. The summed E-state index contributed by atoms with van der Waals surface area (Å²) in [4.78, 5) is 16.4. The number of hydrogen-bond donors (Lipinski definition) is 0. The van der Waals surface area contributed by atoms with Crippen LogP contribution in [0.25, 0.3) is 39.2 Å². The fraction of sp³-hybridized carbons (Fsp3) is 0.0278. The van der Waals surface area contributed by atoms with E-state index in [1.807, 2.05) is 55.7 Å². The molecule has 7 rings (SSSR count). The Kier molecular flexibility index (Phi) is 6.30. The lowest BCUT2D eigenvalue weighted by molar-refractivity contribution is 0.957. The Bertz CT molecular complexity index is 1950. The molecule has 3 heterocycles. The molecule has 196 valence electrons. The Balaban J connectivity index is 1.47. The van der Waals surface area contributed by atoms with Gasteiger partial charge in [-0.15, -0.1) is 0 Å². The summed E-state index contributed by atoms with van der Waals surface area (Å²) < 4.78 is 2.12. The summed E-state index contributed by atoms with van der Waals surface area (Å²) >= 11 is 0. The first-order valence-corrected chi connectivity index (χ1v) is 13.6. The average molecular weight is 530 g/mol. The number of hydrogen-bond acceptors (Lipinski definition) is 4. The van der Waals surface area contributed by atoms with E-state index in [0.29, 0.717) is 0 Å². The first kappa shape index (κ1) is 24.5. The van der Waals surface area contributed by atoms with Crippen LogP contribution in [0.2, 0.25) is 0 Å². The van der Waals surface area contributed by atoms with E-state index in [1.54, 1.807) is 0 Å². The minimum atomic E-state index is 0.845. The minimum absolute atomic E-state index is 0.845. The molecule has 3 aromatic heterocycles. The van der Waals surface area contributed by atoms with E-state index >= 15 is 0 Å². The van der Waals surface area contributed by atoms with E-state index in [0.717, 1.165) is 62.1 Å². The van der Waals surface area contributed by atoms with Crippen molar-refractivity contribution in [2.75, 3.05) is 4.90 Å². The molecule has 0 bridgehead atoms. The van der Waals surface area contributed by atoms with Crippen LogP contribution in [0.3, 0.4) is 0 Å². The molecule has 5 nitrogen and oxygen atoms in total. The van der Waals surface area contributed by atoms with Crippen LogP contribution in [-0.2, 0) is 0 Å². The van der Waals surface area contributed by atoms with Gasteiger partial charge < -0.3 is 4.90 Å². The Morgan fingerprint density at radius 1 is 0.585 bits per heavy atom. The lowest BCUT2D eigenvalue weighted by Crippen LogP contribution is -2.11. The summed E-state index contributed by atoms with van der Waals surface area (Å²) in [5.74, 6) is 1.74. The maximum atomic E-state index is 4.85. The molecule has 7 aromatic rings. The molecule has 0 amide bonds. The largest absolute Gasteiger partial charge is 0.310 e. The topological polar surface area (TPSA) is 46.8 Å². The molecular formula is C36H27N5. The van der Waals surface area contributed by atoms with Crippen molar-refractivity contribution in [2.24, 2.45) is 0 Å². The van der Waals surface area contributed by atoms with Crippen LogP contribution in [-0.4, -0.2) is 19.5 Å². The number of nitrogens with zero attached hydrogens (tertiary/aromatic N) is 5. The van der Waals surface area contributed by atoms with Crippen molar-refractivity contribution in [1.29, 1.82) is 0 Å². The Labute approximate surface area is 239 Å². The van der Waals surface area contributed by atoms with Gasteiger partial charge in [0.25, 0.3) is 0 Å². The second-order valence-electron chi connectivity index (χ2n) is 9.84. The smallest absolute Gasteiger partial charge is 0.138 e. The zero-order valence-electron chi connectivity index (χ0n) is 22.6. The molecule has 0 atom stereocenters. The van der Waals surface area contributed by atoms with Gasteiger partial charge in [0.2, 0.25) is 0 Å². The molecule has 0 fully saturated rings. The Hall–Kier alpha value is -5.55. The molecule has 4 aromatic carbocycles. The summed E-state index contributed by atoms with van der Waals surface area (Å²) in [5.41, 5.74) is 9.36. The van der Waals surface area contributed by atoms with Gasteiger partial charge >= 0.3 is 0 Å². The molecule has 0 aliphatic carbocycles. The standard InChI is InChI=1S/C36H27N5/c1-26-39-33-21-20-30(25-35(33)40(26)36-19-8-10-23-38-36)41(29-15-11-14-28(24-29)32-17-7-9-22-37-32)34-18-6-5-16-31(34)27-12-3-2-4-13-27/h2-25H,1H3. The summed E-state index contributed by atoms with van der Waals surface area (Å²) in [6.07, 6.45) is 3.65. The van der Waals surface area contributed by atoms with Crippen molar-refractivity contribution < 1.29 is 0 Å². The summed E-state index contributed by atoms with van der Waals surface area (Å²) in [7, 11) is 0. The SMILES string of the molecule is Cc1nc2ccc(N(c3cccc(-c4ccccn4)c3)c3ccccc3-c3ccccc3)cc2n1-c1ccccn1. The first-order valence-electron chi connectivity index (χ1n) is 13.6. The number of rotatable bonds is 6. The molecule has 0 radical (unpaired) electrons. The van der Waals surface area contributed by atoms with Crippen molar-refractivity contribution in [3.63, 3.8) is 0 Å². The van der Waals surface area contributed by atoms with Crippen molar-refractivity contribution >= 4 is 28.1 Å². The number of imidazole rings is 1. The third kappa shape index (κ3) is 4.64. The van der Waals surface area contributed by atoms with Crippen LogP contribution >= 0.6 is 0 Å². The van der Waals surface area contributed by atoms with Crippen LogP contribution in [0, 0.1) is 6.92 Å². The van der Waals surface area contributed by atoms with Crippen LogP contribution in [0.1, 0.15) is 5.82 Å². The Morgan fingerprint density at radius 3 is 2.12 bits per heavy atom. The second kappa shape index (κ2) is 10.5. The van der Waals surface area contributed by atoms with E-state index in [9.17, 15) is 0 Å². The molecule has 0 aliphatic heterocycles. The average Bonchev–Trinajstić information content (AvgIpc) is 3.38. The van der Waals surface area contributed by atoms with Gasteiger partial charge in [0, 0.05) is 34.9 Å². The number of pyridine rings is 2. The highest BCUT2D eigenvalue weighted by molar-refractivity contribution is 5.92. The number of anilines is 3. The van der Waals surface area contributed by atoms with E-state index in [-0.39, 0.29) is 0 Å². The zero-order valence-corrected chi connectivity index (χ0v) is 22.6. The second-order valence-corrected chi connectivity index (χ2v) is 9.84. The number of benzene rings is 4. The summed E-state index contributed by atoms with van der Waals surface area (Å²) in [6, 6.07) is 46.0. The number of aromatic nitrogens is 4. The highest BCUT2D eigenvalue weighted by Crippen LogP contribution is 2.42. The summed E-state index contributed by atoms with van der Waals surface area (Å²) in [5, 5.41) is 0. The van der Waals surface area contributed by atoms with Crippen molar-refractivity contribution in [3.05, 3.63) is 152 Å². The van der Waals surface area contributed by atoms with Crippen LogP contribution in [0.15, 0.2) is 146 Å². The van der Waals surface area contributed by atoms with Crippen molar-refractivity contribution in [3.8, 4) is 28.2 Å². The highest BCUT2D eigenvalue weighted by Gasteiger charge is 2.20. The normalized spacial score (nSPS) is 11.0. The molecule has 0 unspecified atom stereocenters. The van der Waals surface area contributed by atoms with Crippen LogP contribution in [0.4, 0.5) is 17.1 Å². The van der Waals surface area contributed by atoms with Gasteiger partial charge in [-0.05, 0) is 73.2 Å². The molecule has 0 saturated carbocycles. The third-order valence-corrected chi connectivity index (χ3v) is 7.24. The molecule has 41 heavy (non-hydrogen) atoms. The predicted octanol–water partition coefficient (Wildman–Crippen LogP) is 8.93. The van der Waals surface area contributed by atoms with Gasteiger partial charge in [0.15, 0.2) is 0 Å². The molecular weight excluding hydrogens is 502 g/mol. The maximum Gasteiger partial charge on any atom is 0.138 e. The minimum Gasteiger partial charge on any atom is -0.310 e. The predicted molar refractivity (Wildman–Crippen MR) is 167 cm³/mol. The number of para-hydroxylation sites is 1. The zero-order chi connectivity index (χ0) is 27.6. The third-order valence-electron chi connectivity index (χ3n) is 7.24. The van der Waals surface area contributed by atoms with Gasteiger partial charge in [0.05, 0.1) is 22.4 Å². The fourth-order valence-corrected chi connectivity index (χ4v) is 5.39. The van der Waals surface area contributed by atoms with Crippen molar-refractivity contribution in [1.82, 2.24) is 19.5 Å². The van der Waals surface area contributed by atoms with Crippen molar-refractivity contribution in [2.45, 2.75) is 6.92 Å². The van der Waals surface area contributed by atoms with Crippen LogP contribution in [0.5, 0.6) is 0 Å². The van der Waals surface area contributed by atoms with E-state index in [2.05, 4.69) is 116 Å². The van der Waals surface area contributed by atoms with Gasteiger partial charge in [-0.2, -0.15) is 0 Å². The van der Waals surface area contributed by atoms with Crippen LogP contribution < -0.4 is 4.90 Å². The number of aryl methyl sites for hydroxylation is 1. The Morgan fingerprint density at radius 2 is 1.32 bits per heavy atom. The summed E-state index contributed by atoms with van der Waals surface area (Å²) in [6.45, 7) is 2.02. The fourth-order valence-electron chi connectivity index (χ4n) is 5.39. The maximum absolute atomic E-state index is 4.85. The van der Waals surface area contributed by atoms with Gasteiger partial charge in [-0.3, -0.25) is 9.55 Å². The van der Waals surface area contributed by atoms with Gasteiger partial charge in [-0.25, -0.2) is 9.97 Å². The molecule has 0 spiro atoms. The molecule has 0 saturated heterocycles. The molecule has 0 N–H and O–H groups in total. The van der Waals surface area contributed by atoms with E-state index < -0.39 is 0 Å². The van der Waals surface area contributed by atoms with E-state index in [4.69, 9.17) is 4.98 Å². The van der Waals surface area contributed by atoms with Gasteiger partial charge in [-0.1, -0.05) is 72.8 Å². The lowest BCUT2D eigenvalue weighted by atomic mass is 10.0.